The van der Waals surface area contributed by atoms with Crippen molar-refractivity contribution in [1.82, 2.24) is 0 Å². The smallest absolute Gasteiger partial charge is 0.341 e. The molecule has 0 heterocycles. The van der Waals surface area contributed by atoms with Crippen molar-refractivity contribution >= 4 is 27.1 Å². The van der Waals surface area contributed by atoms with Gasteiger partial charge < -0.3 is 15.4 Å². The summed E-state index contributed by atoms with van der Waals surface area (Å²) in [4.78, 5) is 10.6. The normalized spacial score (nSPS) is 11.2. The lowest BCUT2D eigenvalue weighted by molar-refractivity contribution is -0.114. The molecule has 6 nitrogen and oxygen atoms in total. The molecule has 26 heavy (non-hydrogen) atoms. The van der Waals surface area contributed by atoms with Gasteiger partial charge in [-0.05, 0) is 36.4 Å². The van der Waals surface area contributed by atoms with Crippen molar-refractivity contribution in [3.63, 3.8) is 0 Å². The molecule has 0 bridgehead atoms. The third-order valence-corrected chi connectivity index (χ3v) is 4.67. The van der Waals surface area contributed by atoms with Crippen LogP contribution in [0.2, 0.25) is 0 Å². The maximum atomic E-state index is 12.5. The van der Waals surface area contributed by atoms with Gasteiger partial charge in [-0.15, -0.1) is 0 Å². The molecule has 0 aliphatic heterocycles. The molecule has 2 N–H and O–H groups in total. The van der Waals surface area contributed by atoms with E-state index in [0.717, 1.165) is 12.1 Å². The van der Waals surface area contributed by atoms with Gasteiger partial charge in [0.2, 0.25) is 15.7 Å². The number of anilines is 2. The summed E-state index contributed by atoms with van der Waals surface area (Å²) in [7, 11) is -4.58. The van der Waals surface area contributed by atoms with Crippen LogP contribution in [0.3, 0.4) is 0 Å². The molecule has 2 aromatic rings. The third-order valence-electron chi connectivity index (χ3n) is 3.27. The summed E-state index contributed by atoms with van der Waals surface area (Å²) in [6, 6.07) is 12.0. The van der Waals surface area contributed by atoms with Crippen molar-refractivity contribution in [2.45, 2.75) is 17.6 Å². The van der Waals surface area contributed by atoms with Crippen molar-refractivity contribution in [3.8, 4) is 5.75 Å². The number of sulfone groups is 1. The van der Waals surface area contributed by atoms with Crippen LogP contribution in [0.25, 0.3) is 0 Å². The number of carbonyl (C=O) groups excluding carboxylic acids is 1. The summed E-state index contributed by atoms with van der Waals surface area (Å²) in [6.07, 6.45) is 0. The molecule has 0 aromatic heterocycles. The highest BCUT2D eigenvalue weighted by Crippen LogP contribution is 2.20. The highest BCUT2D eigenvalue weighted by molar-refractivity contribution is 7.91. The maximum absolute atomic E-state index is 12.5. The van der Waals surface area contributed by atoms with Gasteiger partial charge in [-0.3, -0.25) is 4.79 Å². The molecule has 0 spiro atoms. The molecular formula is C17H18F2N2O4S. The van der Waals surface area contributed by atoms with Gasteiger partial charge in [-0.1, -0.05) is 6.07 Å². The number of hydrogen-bond donors (Lipinski definition) is 2. The van der Waals surface area contributed by atoms with E-state index in [0.29, 0.717) is 30.3 Å². The molecule has 2 aromatic carbocycles. The molecule has 0 aliphatic carbocycles. The van der Waals surface area contributed by atoms with Gasteiger partial charge in [-0.25, -0.2) is 8.42 Å². The fourth-order valence-electron chi connectivity index (χ4n) is 2.10. The minimum absolute atomic E-state index is 0.180. The van der Waals surface area contributed by atoms with Crippen LogP contribution >= 0.6 is 0 Å². The Labute approximate surface area is 150 Å². The first-order valence-corrected chi connectivity index (χ1v) is 9.20. The Kier molecular flexibility index (Phi) is 6.51. The second kappa shape index (κ2) is 8.61. The zero-order valence-electron chi connectivity index (χ0n) is 13.9. The quantitative estimate of drug-likeness (QED) is 0.683. The summed E-state index contributed by atoms with van der Waals surface area (Å²) < 4.78 is 53.2. The molecule has 0 fully saturated rings. The maximum Gasteiger partial charge on any atom is 0.341 e. The lowest BCUT2D eigenvalue weighted by Crippen LogP contribution is -2.13. The number of nitrogens with one attached hydrogen (secondary N) is 2. The average molecular weight is 384 g/mol. The SMILES string of the molecule is CC(=O)Nc1cccc(OCCNc2ccc(S(=O)(=O)C(F)F)cc2)c1. The first kappa shape index (κ1) is 19.6. The topological polar surface area (TPSA) is 84.5 Å². The largest absolute Gasteiger partial charge is 0.492 e. The number of ether oxygens (including phenoxy) is 1. The second-order valence-electron chi connectivity index (χ2n) is 5.31. The van der Waals surface area contributed by atoms with E-state index in [1.54, 1.807) is 24.3 Å². The average Bonchev–Trinajstić information content (AvgIpc) is 2.59. The van der Waals surface area contributed by atoms with Crippen LogP contribution in [-0.4, -0.2) is 33.2 Å². The second-order valence-corrected chi connectivity index (χ2v) is 7.23. The molecule has 0 atom stereocenters. The number of hydrogen-bond acceptors (Lipinski definition) is 5. The predicted octanol–water partition coefficient (Wildman–Crippen LogP) is 3.13. The molecule has 0 aliphatic rings. The molecule has 0 saturated heterocycles. The van der Waals surface area contributed by atoms with E-state index in [4.69, 9.17) is 4.74 Å². The zero-order valence-corrected chi connectivity index (χ0v) is 14.7. The first-order chi connectivity index (χ1) is 12.3. The number of benzene rings is 2. The summed E-state index contributed by atoms with van der Waals surface area (Å²) in [5.41, 5.74) is 1.20. The van der Waals surface area contributed by atoms with E-state index in [1.807, 2.05) is 0 Å². The van der Waals surface area contributed by atoms with Gasteiger partial charge in [0.25, 0.3) is 0 Å². The Hall–Kier alpha value is -2.68. The predicted molar refractivity (Wildman–Crippen MR) is 94.4 cm³/mol. The zero-order chi connectivity index (χ0) is 19.2. The summed E-state index contributed by atoms with van der Waals surface area (Å²) >= 11 is 0. The van der Waals surface area contributed by atoms with Crippen LogP contribution in [0.4, 0.5) is 20.2 Å². The highest BCUT2D eigenvalue weighted by Gasteiger charge is 2.26. The van der Waals surface area contributed by atoms with Crippen molar-refractivity contribution < 1.29 is 26.7 Å². The minimum Gasteiger partial charge on any atom is -0.492 e. The fourth-order valence-corrected chi connectivity index (χ4v) is 2.82. The monoisotopic (exact) mass is 384 g/mol. The number of amides is 1. The van der Waals surface area contributed by atoms with Gasteiger partial charge >= 0.3 is 5.76 Å². The lowest BCUT2D eigenvalue weighted by atomic mass is 10.3. The minimum atomic E-state index is -4.58. The highest BCUT2D eigenvalue weighted by atomic mass is 32.2. The van der Waals surface area contributed by atoms with E-state index < -0.39 is 20.5 Å². The van der Waals surface area contributed by atoms with Crippen LogP contribution < -0.4 is 15.4 Å². The Morgan fingerprint density at radius 3 is 2.42 bits per heavy atom. The van der Waals surface area contributed by atoms with Crippen LogP contribution in [0.1, 0.15) is 6.92 Å². The Morgan fingerprint density at radius 1 is 1.12 bits per heavy atom. The van der Waals surface area contributed by atoms with Gasteiger partial charge in [0.15, 0.2) is 0 Å². The Balaban J connectivity index is 1.84. The van der Waals surface area contributed by atoms with Crippen molar-refractivity contribution in [3.05, 3.63) is 48.5 Å². The molecular weight excluding hydrogens is 366 g/mol. The third kappa shape index (κ3) is 5.41. The summed E-state index contributed by atoms with van der Waals surface area (Å²) in [5, 5.41) is 5.64. The molecule has 0 unspecified atom stereocenters. The van der Waals surface area contributed by atoms with Crippen LogP contribution in [0, 0.1) is 0 Å². The van der Waals surface area contributed by atoms with Gasteiger partial charge in [0.05, 0.1) is 4.90 Å². The number of halogens is 2. The van der Waals surface area contributed by atoms with E-state index in [9.17, 15) is 22.0 Å². The molecule has 0 saturated carbocycles. The van der Waals surface area contributed by atoms with E-state index in [1.165, 1.54) is 19.1 Å². The van der Waals surface area contributed by atoms with Gasteiger partial charge in [0.1, 0.15) is 12.4 Å². The number of carbonyl (C=O) groups is 1. The van der Waals surface area contributed by atoms with E-state index in [-0.39, 0.29) is 5.91 Å². The molecule has 9 heteroatoms. The fraction of sp³-hybridized carbons (Fsp3) is 0.235. The van der Waals surface area contributed by atoms with E-state index in [2.05, 4.69) is 10.6 Å². The molecule has 1 amide bonds. The lowest BCUT2D eigenvalue weighted by Gasteiger charge is -2.10. The molecule has 0 radical (unpaired) electrons. The van der Waals surface area contributed by atoms with Crippen molar-refractivity contribution in [1.29, 1.82) is 0 Å². The number of alkyl halides is 2. The van der Waals surface area contributed by atoms with Crippen molar-refractivity contribution in [2.24, 2.45) is 0 Å². The van der Waals surface area contributed by atoms with E-state index >= 15 is 0 Å². The first-order valence-electron chi connectivity index (χ1n) is 7.65. The van der Waals surface area contributed by atoms with Gasteiger partial charge in [0, 0.05) is 30.9 Å². The standard InChI is InChI=1S/C17H18F2N2O4S/c1-12(22)21-14-3-2-4-15(11-14)25-10-9-20-13-5-7-16(8-6-13)26(23,24)17(18)19/h2-8,11,17,20H,9-10H2,1H3,(H,21,22). The Bertz CT molecular complexity index is 855. The summed E-state index contributed by atoms with van der Waals surface area (Å²) in [6.45, 7) is 2.13. The van der Waals surface area contributed by atoms with Crippen LogP contribution in [0.5, 0.6) is 5.75 Å². The van der Waals surface area contributed by atoms with Crippen LogP contribution in [-0.2, 0) is 14.6 Å². The number of rotatable bonds is 8. The Morgan fingerprint density at radius 2 is 1.81 bits per heavy atom. The van der Waals surface area contributed by atoms with Crippen LogP contribution in [0.15, 0.2) is 53.4 Å². The molecule has 140 valence electrons. The van der Waals surface area contributed by atoms with Crippen molar-refractivity contribution in [2.75, 3.05) is 23.8 Å². The van der Waals surface area contributed by atoms with Gasteiger partial charge in [-0.2, -0.15) is 8.78 Å². The summed E-state index contributed by atoms with van der Waals surface area (Å²) in [5.74, 6) is -3.04. The molecule has 2 rings (SSSR count).